The number of aryl methyl sites for hydroxylation is 1. The molecule has 0 atom stereocenters. The van der Waals surface area contributed by atoms with Crippen molar-refractivity contribution in [3.63, 3.8) is 0 Å². The summed E-state index contributed by atoms with van der Waals surface area (Å²) in [7, 11) is 0. The molecule has 0 amide bonds. The molecule has 0 aromatic carbocycles. The molecule has 1 aromatic heterocycles. The summed E-state index contributed by atoms with van der Waals surface area (Å²) in [5, 5.41) is 8.99. The smallest absolute Gasteiger partial charge is 0.0855 e. The van der Waals surface area contributed by atoms with Gasteiger partial charge in [0.05, 0.1) is 12.3 Å². The first-order chi connectivity index (χ1) is 5.83. The number of fused-ring (bicyclic) bond motifs is 1. The first kappa shape index (κ1) is 7.74. The number of hydrogen-bond donors (Lipinski definition) is 1. The summed E-state index contributed by atoms with van der Waals surface area (Å²) in [4.78, 5) is 4.22. The maximum Gasteiger partial charge on any atom is 0.0855 e. The molecule has 0 saturated heterocycles. The van der Waals surface area contributed by atoms with Crippen LogP contribution in [0, 0.1) is 6.92 Å². The van der Waals surface area contributed by atoms with Gasteiger partial charge in [-0.25, -0.2) is 0 Å². The quantitative estimate of drug-likeness (QED) is 0.678. The minimum absolute atomic E-state index is 0.0686. The Bertz CT molecular complexity index is 307. The Morgan fingerprint density at radius 3 is 3.08 bits per heavy atom. The number of rotatable bonds is 1. The highest BCUT2D eigenvalue weighted by atomic mass is 16.3. The number of aliphatic hydroxyl groups excluding tert-OH is 1. The number of nitrogens with zero attached hydrogens (tertiary/aromatic N) is 1. The van der Waals surface area contributed by atoms with Crippen LogP contribution in [0.25, 0.3) is 0 Å². The van der Waals surface area contributed by atoms with Gasteiger partial charge >= 0.3 is 0 Å². The van der Waals surface area contributed by atoms with Crippen LogP contribution in [-0.4, -0.2) is 10.1 Å². The van der Waals surface area contributed by atoms with Crippen molar-refractivity contribution < 1.29 is 5.11 Å². The standard InChI is InChI=1S/C10H13NO/c1-7-9-4-2-3-8(9)5-11-10(7)6-12/h5,12H,2-4,6H2,1H3. The SMILES string of the molecule is Cc1c(CO)ncc2c1CCC2. The van der Waals surface area contributed by atoms with Crippen molar-refractivity contribution in [1.29, 1.82) is 0 Å². The van der Waals surface area contributed by atoms with E-state index in [0.29, 0.717) is 0 Å². The highest BCUT2D eigenvalue weighted by molar-refractivity contribution is 5.38. The van der Waals surface area contributed by atoms with Gasteiger partial charge < -0.3 is 5.11 Å². The topological polar surface area (TPSA) is 33.1 Å². The van der Waals surface area contributed by atoms with E-state index in [1.807, 2.05) is 6.20 Å². The second kappa shape index (κ2) is 2.87. The highest BCUT2D eigenvalue weighted by Crippen LogP contribution is 2.25. The van der Waals surface area contributed by atoms with Crippen molar-refractivity contribution >= 4 is 0 Å². The maximum atomic E-state index is 8.99. The third kappa shape index (κ3) is 1.03. The number of aliphatic hydroxyl groups is 1. The minimum atomic E-state index is 0.0686. The lowest BCUT2D eigenvalue weighted by molar-refractivity contribution is 0.276. The van der Waals surface area contributed by atoms with Crippen molar-refractivity contribution in [2.75, 3.05) is 0 Å². The Morgan fingerprint density at radius 1 is 1.50 bits per heavy atom. The highest BCUT2D eigenvalue weighted by Gasteiger charge is 2.15. The molecule has 1 heterocycles. The van der Waals surface area contributed by atoms with E-state index in [9.17, 15) is 0 Å². The van der Waals surface area contributed by atoms with Crippen LogP contribution in [0.5, 0.6) is 0 Å². The molecule has 1 aromatic rings. The molecule has 1 N–H and O–H groups in total. The molecule has 1 aliphatic carbocycles. The van der Waals surface area contributed by atoms with Crippen LogP contribution in [0.15, 0.2) is 6.20 Å². The Labute approximate surface area is 72.3 Å². The third-order valence-electron chi connectivity index (χ3n) is 2.67. The molecule has 2 heteroatoms. The lowest BCUT2D eigenvalue weighted by atomic mass is 10.1. The first-order valence-corrected chi connectivity index (χ1v) is 4.40. The molecule has 0 bridgehead atoms. The summed E-state index contributed by atoms with van der Waals surface area (Å²) in [5.41, 5.74) is 4.85. The zero-order valence-corrected chi connectivity index (χ0v) is 7.30. The molecule has 1 aliphatic rings. The van der Waals surface area contributed by atoms with Crippen LogP contribution in [0.1, 0.15) is 28.8 Å². The van der Waals surface area contributed by atoms with E-state index in [2.05, 4.69) is 11.9 Å². The van der Waals surface area contributed by atoms with E-state index < -0.39 is 0 Å². The molecule has 64 valence electrons. The number of pyridine rings is 1. The fourth-order valence-electron chi connectivity index (χ4n) is 1.92. The van der Waals surface area contributed by atoms with Gasteiger partial charge in [0.1, 0.15) is 0 Å². The average Bonchev–Trinajstić information content (AvgIpc) is 2.53. The van der Waals surface area contributed by atoms with E-state index >= 15 is 0 Å². The van der Waals surface area contributed by atoms with Crippen molar-refractivity contribution in [3.05, 3.63) is 28.6 Å². The zero-order chi connectivity index (χ0) is 8.55. The normalized spacial score (nSPS) is 14.8. The third-order valence-corrected chi connectivity index (χ3v) is 2.67. The van der Waals surface area contributed by atoms with Crippen molar-refractivity contribution in [2.45, 2.75) is 32.8 Å². The predicted molar refractivity (Wildman–Crippen MR) is 46.9 cm³/mol. The van der Waals surface area contributed by atoms with E-state index in [1.165, 1.54) is 23.1 Å². The molecule has 0 unspecified atom stereocenters. The van der Waals surface area contributed by atoms with Gasteiger partial charge in [-0.05, 0) is 42.9 Å². The lowest BCUT2D eigenvalue weighted by Crippen LogP contribution is -1.98. The molecule has 0 fully saturated rings. The molecule has 0 radical (unpaired) electrons. The molecular formula is C10H13NO. The first-order valence-electron chi connectivity index (χ1n) is 4.40. The fraction of sp³-hybridized carbons (Fsp3) is 0.500. The van der Waals surface area contributed by atoms with Crippen LogP contribution in [0.4, 0.5) is 0 Å². The largest absolute Gasteiger partial charge is 0.390 e. The van der Waals surface area contributed by atoms with Crippen LogP contribution in [0.2, 0.25) is 0 Å². The van der Waals surface area contributed by atoms with Crippen molar-refractivity contribution in [1.82, 2.24) is 4.98 Å². The van der Waals surface area contributed by atoms with Gasteiger partial charge in [0, 0.05) is 6.20 Å². The molecule has 12 heavy (non-hydrogen) atoms. The Hall–Kier alpha value is -0.890. The summed E-state index contributed by atoms with van der Waals surface area (Å²) >= 11 is 0. The zero-order valence-electron chi connectivity index (χ0n) is 7.30. The van der Waals surface area contributed by atoms with E-state index in [4.69, 9.17) is 5.11 Å². The van der Waals surface area contributed by atoms with Crippen LogP contribution < -0.4 is 0 Å². The molecule has 0 aliphatic heterocycles. The fourth-order valence-corrected chi connectivity index (χ4v) is 1.92. The number of aromatic nitrogens is 1. The van der Waals surface area contributed by atoms with Gasteiger partial charge in [-0.3, -0.25) is 4.98 Å². The van der Waals surface area contributed by atoms with Gasteiger partial charge in [0.25, 0.3) is 0 Å². The van der Waals surface area contributed by atoms with Gasteiger partial charge in [-0.1, -0.05) is 0 Å². The van der Waals surface area contributed by atoms with E-state index in [0.717, 1.165) is 18.5 Å². The molecule has 2 nitrogen and oxygen atoms in total. The summed E-state index contributed by atoms with van der Waals surface area (Å²) in [6, 6.07) is 0. The Kier molecular flexibility index (Phi) is 1.85. The summed E-state index contributed by atoms with van der Waals surface area (Å²) < 4.78 is 0. The second-order valence-corrected chi connectivity index (χ2v) is 3.35. The van der Waals surface area contributed by atoms with Crippen LogP contribution in [-0.2, 0) is 19.4 Å². The van der Waals surface area contributed by atoms with Gasteiger partial charge in [-0.15, -0.1) is 0 Å². The minimum Gasteiger partial charge on any atom is -0.390 e. The summed E-state index contributed by atoms with van der Waals surface area (Å²) in [5.74, 6) is 0. The Morgan fingerprint density at radius 2 is 2.33 bits per heavy atom. The maximum absolute atomic E-state index is 8.99. The molecular weight excluding hydrogens is 150 g/mol. The van der Waals surface area contributed by atoms with Gasteiger partial charge in [-0.2, -0.15) is 0 Å². The average molecular weight is 163 g/mol. The van der Waals surface area contributed by atoms with E-state index in [-0.39, 0.29) is 6.61 Å². The van der Waals surface area contributed by atoms with Crippen LogP contribution >= 0.6 is 0 Å². The van der Waals surface area contributed by atoms with Crippen molar-refractivity contribution in [2.24, 2.45) is 0 Å². The van der Waals surface area contributed by atoms with Gasteiger partial charge in [0.15, 0.2) is 0 Å². The summed E-state index contributed by atoms with van der Waals surface area (Å²) in [6.07, 6.45) is 5.49. The number of hydrogen-bond acceptors (Lipinski definition) is 2. The van der Waals surface area contributed by atoms with Crippen molar-refractivity contribution in [3.8, 4) is 0 Å². The second-order valence-electron chi connectivity index (χ2n) is 3.35. The monoisotopic (exact) mass is 163 g/mol. The van der Waals surface area contributed by atoms with Gasteiger partial charge in [0.2, 0.25) is 0 Å². The van der Waals surface area contributed by atoms with Crippen LogP contribution in [0.3, 0.4) is 0 Å². The lowest BCUT2D eigenvalue weighted by Gasteiger charge is -2.06. The van der Waals surface area contributed by atoms with E-state index in [1.54, 1.807) is 0 Å². The summed E-state index contributed by atoms with van der Waals surface area (Å²) in [6.45, 7) is 2.13. The predicted octanol–water partition coefficient (Wildman–Crippen LogP) is 1.37. The molecule has 0 saturated carbocycles. The Balaban J connectivity index is 2.54. The molecule has 0 spiro atoms. The molecule has 2 rings (SSSR count).